The van der Waals surface area contributed by atoms with Crippen LogP contribution in [0.3, 0.4) is 0 Å². The number of hydrogen-bond donors (Lipinski definition) is 1. The van der Waals surface area contributed by atoms with Crippen molar-refractivity contribution < 1.29 is 9.53 Å². The van der Waals surface area contributed by atoms with Crippen molar-refractivity contribution in [1.82, 2.24) is 4.90 Å². The van der Waals surface area contributed by atoms with Gasteiger partial charge in [0.1, 0.15) is 0 Å². The number of nitrogens with zero attached hydrogens (tertiary/aromatic N) is 1. The Kier molecular flexibility index (Phi) is 12.2. The highest BCUT2D eigenvalue weighted by Crippen LogP contribution is 1.82. The number of ether oxygens (including phenoxy) is 1. The van der Waals surface area contributed by atoms with Crippen LogP contribution in [-0.2, 0) is 9.53 Å². The van der Waals surface area contributed by atoms with E-state index >= 15 is 0 Å². The predicted octanol–water partition coefficient (Wildman–Crippen LogP) is 0.590. The second-order valence-electron chi connectivity index (χ2n) is 2.87. The smallest absolute Gasteiger partial charge is 0.332 e. The lowest BCUT2D eigenvalue weighted by molar-refractivity contribution is -0.137. The summed E-state index contributed by atoms with van der Waals surface area (Å²) >= 11 is 0. The third kappa shape index (κ3) is 24.8. The molecule has 0 bridgehead atoms. The van der Waals surface area contributed by atoms with E-state index in [1.807, 2.05) is 33.0 Å². The van der Waals surface area contributed by atoms with Crippen molar-refractivity contribution in [2.45, 2.75) is 13.3 Å². The molecule has 0 aliphatic heterocycles. The van der Waals surface area contributed by atoms with Gasteiger partial charge < -0.3 is 15.4 Å². The molecule has 2 N–H and O–H groups in total. The summed E-state index contributed by atoms with van der Waals surface area (Å²) in [6.07, 6.45) is 3.19. The molecule has 4 heteroatoms. The van der Waals surface area contributed by atoms with Crippen LogP contribution in [0.2, 0.25) is 0 Å². The topological polar surface area (TPSA) is 55.6 Å². The average Bonchev–Trinajstić information content (AvgIpc) is 2.00. The summed E-state index contributed by atoms with van der Waals surface area (Å²) in [6, 6.07) is 0. The number of esters is 1. The molecule has 0 aromatic heterocycles. The van der Waals surface area contributed by atoms with E-state index in [9.17, 15) is 4.79 Å². The summed E-state index contributed by atoms with van der Waals surface area (Å²) in [7, 11) is 6.00. The van der Waals surface area contributed by atoms with E-state index in [2.05, 4.69) is 4.74 Å². The van der Waals surface area contributed by atoms with E-state index in [4.69, 9.17) is 5.73 Å². The van der Waals surface area contributed by atoms with Crippen LogP contribution < -0.4 is 5.73 Å². The SMILES string of the molecule is CCCOC(=O)C=CN.CN(C)C. The highest BCUT2D eigenvalue weighted by atomic mass is 16.5. The molecule has 0 fully saturated rings. The summed E-state index contributed by atoms with van der Waals surface area (Å²) < 4.78 is 4.63. The molecule has 0 heterocycles. The zero-order chi connectivity index (χ0) is 10.7. The Bertz CT molecular complexity index is 142. The Hall–Kier alpha value is -1.03. The predicted molar refractivity (Wildman–Crippen MR) is 54.2 cm³/mol. The number of rotatable bonds is 3. The molecule has 78 valence electrons. The van der Waals surface area contributed by atoms with Gasteiger partial charge in [-0.15, -0.1) is 0 Å². The Labute approximate surface area is 80.3 Å². The Morgan fingerprint density at radius 3 is 2.23 bits per heavy atom. The first-order valence-corrected chi connectivity index (χ1v) is 4.20. The van der Waals surface area contributed by atoms with Gasteiger partial charge in [0.2, 0.25) is 0 Å². The van der Waals surface area contributed by atoms with Crippen LogP contribution in [0.25, 0.3) is 0 Å². The fourth-order valence-electron chi connectivity index (χ4n) is 0.329. The minimum Gasteiger partial charge on any atom is -0.463 e. The Morgan fingerprint density at radius 2 is 1.92 bits per heavy atom. The highest BCUT2D eigenvalue weighted by molar-refractivity contribution is 5.81. The van der Waals surface area contributed by atoms with E-state index < -0.39 is 0 Å². The average molecular weight is 188 g/mol. The number of carbonyl (C=O) groups is 1. The number of hydrogen-bond acceptors (Lipinski definition) is 4. The lowest BCUT2D eigenvalue weighted by Gasteiger charge is -1.95. The maximum absolute atomic E-state index is 10.4. The van der Waals surface area contributed by atoms with Gasteiger partial charge in [-0.3, -0.25) is 0 Å². The molecule has 0 unspecified atom stereocenters. The van der Waals surface area contributed by atoms with Gasteiger partial charge in [-0.1, -0.05) is 6.92 Å². The Balaban J connectivity index is 0. The zero-order valence-corrected chi connectivity index (χ0v) is 8.91. The molecule has 0 aliphatic rings. The number of carbonyl (C=O) groups excluding carboxylic acids is 1. The monoisotopic (exact) mass is 188 g/mol. The maximum atomic E-state index is 10.4. The molecule has 13 heavy (non-hydrogen) atoms. The molecule has 0 rings (SSSR count). The van der Waals surface area contributed by atoms with Crippen LogP contribution >= 0.6 is 0 Å². The summed E-state index contributed by atoms with van der Waals surface area (Å²) in [5.41, 5.74) is 4.92. The van der Waals surface area contributed by atoms with Crippen molar-refractivity contribution in [3.05, 3.63) is 12.3 Å². The van der Waals surface area contributed by atoms with Crippen LogP contribution in [0.15, 0.2) is 12.3 Å². The molecule has 0 saturated heterocycles. The van der Waals surface area contributed by atoms with Crippen LogP contribution in [0.1, 0.15) is 13.3 Å². The first kappa shape index (κ1) is 14.5. The Morgan fingerprint density at radius 1 is 1.46 bits per heavy atom. The van der Waals surface area contributed by atoms with Crippen molar-refractivity contribution in [2.75, 3.05) is 27.7 Å². The van der Waals surface area contributed by atoms with E-state index in [-0.39, 0.29) is 5.97 Å². The molecule has 0 amide bonds. The maximum Gasteiger partial charge on any atom is 0.332 e. The van der Waals surface area contributed by atoms with Gasteiger partial charge in [-0.25, -0.2) is 4.79 Å². The molecule has 0 atom stereocenters. The minimum atomic E-state index is -0.376. The van der Waals surface area contributed by atoms with Gasteiger partial charge in [-0.05, 0) is 27.6 Å². The van der Waals surface area contributed by atoms with Crippen LogP contribution in [-0.4, -0.2) is 38.6 Å². The minimum absolute atomic E-state index is 0.376. The summed E-state index contributed by atoms with van der Waals surface area (Å²) in [5.74, 6) is -0.376. The van der Waals surface area contributed by atoms with Gasteiger partial charge in [0.05, 0.1) is 6.61 Å². The second-order valence-corrected chi connectivity index (χ2v) is 2.87. The third-order valence-electron chi connectivity index (χ3n) is 0.681. The quantitative estimate of drug-likeness (QED) is 0.520. The van der Waals surface area contributed by atoms with Gasteiger partial charge in [0.25, 0.3) is 0 Å². The summed E-state index contributed by atoms with van der Waals surface area (Å²) in [4.78, 5) is 12.4. The van der Waals surface area contributed by atoms with Crippen molar-refractivity contribution in [3.8, 4) is 0 Å². The van der Waals surface area contributed by atoms with E-state index in [1.165, 1.54) is 6.08 Å². The first-order chi connectivity index (χ1) is 6.04. The summed E-state index contributed by atoms with van der Waals surface area (Å²) in [5, 5.41) is 0. The first-order valence-electron chi connectivity index (χ1n) is 4.20. The molecular formula is C9H20N2O2. The highest BCUT2D eigenvalue weighted by Gasteiger charge is 1.91. The van der Waals surface area contributed by atoms with Crippen LogP contribution in [0.4, 0.5) is 0 Å². The van der Waals surface area contributed by atoms with Gasteiger partial charge >= 0.3 is 5.97 Å². The molecule has 0 aromatic carbocycles. The van der Waals surface area contributed by atoms with Crippen molar-refractivity contribution in [2.24, 2.45) is 5.73 Å². The molecule has 0 saturated carbocycles. The van der Waals surface area contributed by atoms with Gasteiger partial charge in [0.15, 0.2) is 0 Å². The zero-order valence-electron chi connectivity index (χ0n) is 8.91. The fourth-order valence-corrected chi connectivity index (χ4v) is 0.329. The summed E-state index contributed by atoms with van der Waals surface area (Å²) in [6.45, 7) is 2.39. The van der Waals surface area contributed by atoms with E-state index in [1.54, 1.807) is 0 Å². The lowest BCUT2D eigenvalue weighted by atomic mass is 10.5. The van der Waals surface area contributed by atoms with Crippen molar-refractivity contribution in [3.63, 3.8) is 0 Å². The molecule has 0 radical (unpaired) electrons. The molecule has 0 aliphatic carbocycles. The van der Waals surface area contributed by atoms with E-state index in [0.29, 0.717) is 6.61 Å². The molecule has 0 spiro atoms. The molecular weight excluding hydrogens is 168 g/mol. The van der Waals surface area contributed by atoms with E-state index in [0.717, 1.165) is 12.6 Å². The molecule has 0 aromatic rings. The van der Waals surface area contributed by atoms with Crippen molar-refractivity contribution in [1.29, 1.82) is 0 Å². The molecule has 4 nitrogen and oxygen atoms in total. The normalized spacial score (nSPS) is 9.62. The third-order valence-corrected chi connectivity index (χ3v) is 0.681. The van der Waals surface area contributed by atoms with Crippen LogP contribution in [0.5, 0.6) is 0 Å². The van der Waals surface area contributed by atoms with Gasteiger partial charge in [-0.2, -0.15) is 0 Å². The largest absolute Gasteiger partial charge is 0.463 e. The van der Waals surface area contributed by atoms with Gasteiger partial charge in [0, 0.05) is 12.3 Å². The fraction of sp³-hybridized carbons (Fsp3) is 0.667. The lowest BCUT2D eigenvalue weighted by Crippen LogP contribution is -2.01. The standard InChI is InChI=1S/C6H11NO2.C3H9N/c1-2-5-9-6(8)3-4-7;1-4(2)3/h3-4H,2,5,7H2,1H3;1-3H3. The number of nitrogens with two attached hydrogens (primary N) is 1. The van der Waals surface area contributed by atoms with Crippen LogP contribution in [0, 0.1) is 0 Å². The second kappa shape index (κ2) is 11.0. The van der Waals surface area contributed by atoms with Crippen molar-refractivity contribution >= 4 is 5.97 Å².